The van der Waals surface area contributed by atoms with Crippen molar-refractivity contribution in [2.45, 2.75) is 51.9 Å². The molecule has 1 unspecified atom stereocenters. The summed E-state index contributed by atoms with van der Waals surface area (Å²) in [5, 5.41) is 15.4. The Hall–Kier alpha value is -2.80. The third-order valence-corrected chi connectivity index (χ3v) is 6.46. The highest BCUT2D eigenvalue weighted by atomic mass is 19.1. The van der Waals surface area contributed by atoms with Crippen LogP contribution in [0.5, 0.6) is 0 Å². The number of rotatable bonds is 10. The van der Waals surface area contributed by atoms with Gasteiger partial charge in [-0.15, -0.1) is 6.58 Å². The summed E-state index contributed by atoms with van der Waals surface area (Å²) in [6, 6.07) is 15.3. The normalized spacial score (nSPS) is 14.9. The van der Waals surface area contributed by atoms with Gasteiger partial charge in [0.25, 0.3) is 0 Å². The van der Waals surface area contributed by atoms with Crippen molar-refractivity contribution < 1.29 is 9.50 Å². The van der Waals surface area contributed by atoms with E-state index >= 15 is 0 Å². The van der Waals surface area contributed by atoms with E-state index < -0.39 is 0 Å². The molecule has 0 amide bonds. The standard InChI is InChI=1S/C28H35FN4O/c1-4-5-6-25(34)18-31(3)20-27-26-19-32(17-22-9-11-23(29)12-10-22)16-15-28(26)33(30-27)24-13-7-21(2)8-14-24/h4,7-14,25,34H,1,5-6,15-20H2,2-3H3. The number of halogens is 1. The second kappa shape index (κ2) is 11.1. The lowest BCUT2D eigenvalue weighted by atomic mass is 10.0. The smallest absolute Gasteiger partial charge is 0.123 e. The van der Waals surface area contributed by atoms with Crippen LogP contribution in [-0.4, -0.2) is 50.9 Å². The Morgan fingerprint density at radius 3 is 2.62 bits per heavy atom. The molecule has 2 aromatic carbocycles. The van der Waals surface area contributed by atoms with Gasteiger partial charge in [-0.1, -0.05) is 35.9 Å². The average molecular weight is 463 g/mol. The van der Waals surface area contributed by atoms with E-state index in [-0.39, 0.29) is 11.9 Å². The molecular weight excluding hydrogens is 427 g/mol. The van der Waals surface area contributed by atoms with Crippen LogP contribution in [0, 0.1) is 12.7 Å². The second-order valence-electron chi connectivity index (χ2n) is 9.42. The lowest BCUT2D eigenvalue weighted by molar-refractivity contribution is 0.115. The SMILES string of the molecule is C=CCCC(O)CN(C)Cc1nn(-c2ccc(C)cc2)c2c1CN(Cc1ccc(F)cc1)CC2. The van der Waals surface area contributed by atoms with Crippen LogP contribution in [0.4, 0.5) is 4.39 Å². The van der Waals surface area contributed by atoms with Gasteiger partial charge in [-0.3, -0.25) is 9.80 Å². The quantitative estimate of drug-likeness (QED) is 0.446. The Morgan fingerprint density at radius 2 is 1.91 bits per heavy atom. The number of aryl methyl sites for hydroxylation is 1. The molecule has 0 bridgehead atoms. The Labute approximate surface area is 202 Å². The molecule has 0 spiro atoms. The monoisotopic (exact) mass is 462 g/mol. The van der Waals surface area contributed by atoms with Gasteiger partial charge in [0.1, 0.15) is 5.82 Å². The van der Waals surface area contributed by atoms with Crippen molar-refractivity contribution in [2.75, 3.05) is 20.1 Å². The van der Waals surface area contributed by atoms with Crippen LogP contribution in [0.25, 0.3) is 5.69 Å². The number of hydrogen-bond acceptors (Lipinski definition) is 4. The molecule has 1 atom stereocenters. The molecule has 180 valence electrons. The highest BCUT2D eigenvalue weighted by Gasteiger charge is 2.26. The number of nitrogens with zero attached hydrogens (tertiary/aromatic N) is 4. The van der Waals surface area contributed by atoms with E-state index in [2.05, 4.69) is 52.2 Å². The van der Waals surface area contributed by atoms with Crippen molar-refractivity contribution in [2.24, 2.45) is 0 Å². The van der Waals surface area contributed by atoms with Gasteiger partial charge in [0, 0.05) is 44.7 Å². The maximum atomic E-state index is 13.3. The third-order valence-electron chi connectivity index (χ3n) is 6.46. The zero-order chi connectivity index (χ0) is 24.1. The lowest BCUT2D eigenvalue weighted by Gasteiger charge is -2.28. The van der Waals surface area contributed by atoms with Gasteiger partial charge in [0.15, 0.2) is 0 Å². The lowest BCUT2D eigenvalue weighted by Crippen LogP contribution is -2.32. The molecular formula is C28H35FN4O. The molecule has 2 heterocycles. The first-order valence-electron chi connectivity index (χ1n) is 12.0. The van der Waals surface area contributed by atoms with Gasteiger partial charge < -0.3 is 5.11 Å². The molecule has 6 heteroatoms. The van der Waals surface area contributed by atoms with Gasteiger partial charge in [-0.05, 0) is 56.6 Å². The third kappa shape index (κ3) is 6.00. The van der Waals surface area contributed by atoms with E-state index in [0.717, 1.165) is 55.8 Å². The van der Waals surface area contributed by atoms with E-state index in [0.29, 0.717) is 13.1 Å². The van der Waals surface area contributed by atoms with Crippen LogP contribution in [0.1, 0.15) is 40.9 Å². The van der Waals surface area contributed by atoms with E-state index in [1.807, 2.05) is 25.3 Å². The van der Waals surface area contributed by atoms with E-state index in [1.165, 1.54) is 29.0 Å². The van der Waals surface area contributed by atoms with Gasteiger partial charge in [0.2, 0.25) is 0 Å². The summed E-state index contributed by atoms with van der Waals surface area (Å²) < 4.78 is 15.4. The minimum atomic E-state index is -0.381. The van der Waals surface area contributed by atoms with Crippen LogP contribution in [0.2, 0.25) is 0 Å². The fourth-order valence-corrected chi connectivity index (χ4v) is 4.63. The number of allylic oxidation sites excluding steroid dienone is 1. The molecule has 1 aliphatic rings. The fourth-order valence-electron chi connectivity index (χ4n) is 4.63. The van der Waals surface area contributed by atoms with Crippen LogP contribution in [0.3, 0.4) is 0 Å². The summed E-state index contributed by atoms with van der Waals surface area (Å²) in [7, 11) is 2.04. The Bertz CT molecular complexity index is 1090. The van der Waals surface area contributed by atoms with Crippen molar-refractivity contribution in [1.82, 2.24) is 19.6 Å². The molecule has 1 aromatic heterocycles. The van der Waals surface area contributed by atoms with E-state index in [9.17, 15) is 9.50 Å². The number of fused-ring (bicyclic) bond motifs is 1. The maximum Gasteiger partial charge on any atom is 0.123 e. The molecule has 0 fully saturated rings. The Balaban J connectivity index is 1.57. The van der Waals surface area contributed by atoms with Crippen molar-refractivity contribution >= 4 is 0 Å². The minimum absolute atomic E-state index is 0.204. The zero-order valence-corrected chi connectivity index (χ0v) is 20.3. The van der Waals surface area contributed by atoms with Crippen LogP contribution >= 0.6 is 0 Å². The highest BCUT2D eigenvalue weighted by molar-refractivity contribution is 5.40. The van der Waals surface area contributed by atoms with Crippen molar-refractivity contribution in [1.29, 1.82) is 0 Å². The zero-order valence-electron chi connectivity index (χ0n) is 20.3. The summed E-state index contributed by atoms with van der Waals surface area (Å²) in [6.07, 6.45) is 3.90. The summed E-state index contributed by atoms with van der Waals surface area (Å²) in [4.78, 5) is 4.55. The van der Waals surface area contributed by atoms with Gasteiger partial charge in [0.05, 0.1) is 23.2 Å². The van der Waals surface area contributed by atoms with Crippen molar-refractivity contribution in [3.8, 4) is 5.69 Å². The highest BCUT2D eigenvalue weighted by Crippen LogP contribution is 2.27. The number of hydrogen-bond donors (Lipinski definition) is 1. The predicted octanol–water partition coefficient (Wildman–Crippen LogP) is 4.64. The molecule has 0 radical (unpaired) electrons. The average Bonchev–Trinajstić information content (AvgIpc) is 3.17. The molecule has 34 heavy (non-hydrogen) atoms. The maximum absolute atomic E-state index is 13.3. The summed E-state index contributed by atoms with van der Waals surface area (Å²) in [5.74, 6) is -0.204. The summed E-state index contributed by atoms with van der Waals surface area (Å²) in [5.41, 5.74) is 6.99. The predicted molar refractivity (Wildman–Crippen MR) is 134 cm³/mol. The Morgan fingerprint density at radius 1 is 1.18 bits per heavy atom. The first-order valence-corrected chi connectivity index (χ1v) is 12.0. The molecule has 3 aromatic rings. The number of aliphatic hydroxyl groups is 1. The molecule has 0 saturated heterocycles. The topological polar surface area (TPSA) is 44.5 Å². The Kier molecular flexibility index (Phi) is 7.93. The number of aromatic nitrogens is 2. The van der Waals surface area contributed by atoms with E-state index in [1.54, 1.807) is 0 Å². The second-order valence-corrected chi connectivity index (χ2v) is 9.42. The first-order chi connectivity index (χ1) is 16.4. The van der Waals surface area contributed by atoms with Crippen LogP contribution in [-0.2, 0) is 26.1 Å². The largest absolute Gasteiger partial charge is 0.392 e. The molecule has 4 rings (SSSR count). The van der Waals surface area contributed by atoms with Gasteiger partial charge >= 0.3 is 0 Å². The number of aliphatic hydroxyl groups excluding tert-OH is 1. The molecule has 0 saturated carbocycles. The molecule has 5 nitrogen and oxygen atoms in total. The first kappa shape index (κ1) is 24.3. The van der Waals surface area contributed by atoms with Gasteiger partial charge in [-0.2, -0.15) is 5.10 Å². The number of benzene rings is 2. The fraction of sp³-hybridized carbons (Fsp3) is 0.393. The van der Waals surface area contributed by atoms with Crippen LogP contribution in [0.15, 0.2) is 61.2 Å². The molecule has 1 aliphatic heterocycles. The number of likely N-dealkylation sites (N-methyl/N-ethyl adjacent to an activating group) is 1. The van der Waals surface area contributed by atoms with Crippen LogP contribution < -0.4 is 0 Å². The molecule has 0 aliphatic carbocycles. The van der Waals surface area contributed by atoms with E-state index in [4.69, 9.17) is 5.10 Å². The summed E-state index contributed by atoms with van der Waals surface area (Å²) >= 11 is 0. The molecule has 1 N–H and O–H groups in total. The van der Waals surface area contributed by atoms with Crippen molar-refractivity contribution in [3.63, 3.8) is 0 Å². The minimum Gasteiger partial charge on any atom is -0.392 e. The van der Waals surface area contributed by atoms with Crippen molar-refractivity contribution in [3.05, 3.63) is 95.1 Å². The summed E-state index contributed by atoms with van der Waals surface area (Å²) in [6.45, 7) is 9.63. The van der Waals surface area contributed by atoms with Gasteiger partial charge in [-0.25, -0.2) is 9.07 Å².